The smallest absolute Gasteiger partial charge is 0.317 e. The molecule has 1 aromatic rings. The van der Waals surface area contributed by atoms with Crippen molar-refractivity contribution < 1.29 is 4.79 Å². The third-order valence-corrected chi connectivity index (χ3v) is 5.32. The standard InChI is InChI=1S/C20H29N3O/c1-2-17-9-15-23(16-17)20(24)21-19-10-13-22(14-11-19)12-8-18-6-4-3-5-7-18/h2-7,17,19H,1,8-16H2,(H,21,24)/t17-/m1/s1. The molecule has 0 bridgehead atoms. The first-order valence-corrected chi connectivity index (χ1v) is 9.19. The van der Waals surface area contributed by atoms with E-state index in [1.165, 1.54) is 5.56 Å². The second-order valence-corrected chi connectivity index (χ2v) is 7.03. The molecule has 2 heterocycles. The Morgan fingerprint density at radius 3 is 2.58 bits per heavy atom. The van der Waals surface area contributed by atoms with Crippen molar-refractivity contribution in [2.75, 3.05) is 32.7 Å². The second kappa shape index (κ2) is 8.34. The molecule has 2 aliphatic heterocycles. The summed E-state index contributed by atoms with van der Waals surface area (Å²) in [6.45, 7) is 8.78. The van der Waals surface area contributed by atoms with Gasteiger partial charge >= 0.3 is 6.03 Å². The number of nitrogens with one attached hydrogen (secondary N) is 1. The number of nitrogens with zero attached hydrogens (tertiary/aromatic N) is 2. The van der Waals surface area contributed by atoms with E-state index in [1.807, 2.05) is 11.0 Å². The molecule has 0 radical (unpaired) electrons. The Morgan fingerprint density at radius 1 is 1.17 bits per heavy atom. The molecule has 2 fully saturated rings. The lowest BCUT2D eigenvalue weighted by Crippen LogP contribution is -2.49. The average Bonchev–Trinajstić information content (AvgIpc) is 3.11. The molecular formula is C20H29N3O. The molecule has 0 aliphatic carbocycles. The Labute approximate surface area is 145 Å². The van der Waals surface area contributed by atoms with Crippen LogP contribution in [0.4, 0.5) is 4.79 Å². The van der Waals surface area contributed by atoms with E-state index in [9.17, 15) is 4.79 Å². The van der Waals surface area contributed by atoms with Crippen LogP contribution in [0, 0.1) is 5.92 Å². The largest absolute Gasteiger partial charge is 0.335 e. The zero-order chi connectivity index (χ0) is 16.8. The summed E-state index contributed by atoms with van der Waals surface area (Å²) in [7, 11) is 0. The minimum atomic E-state index is 0.113. The van der Waals surface area contributed by atoms with Crippen LogP contribution in [0.1, 0.15) is 24.8 Å². The molecule has 4 nitrogen and oxygen atoms in total. The number of benzene rings is 1. The number of carbonyl (C=O) groups is 1. The Kier molecular flexibility index (Phi) is 5.91. The maximum atomic E-state index is 12.3. The van der Waals surface area contributed by atoms with Crippen LogP contribution in [0.25, 0.3) is 0 Å². The summed E-state index contributed by atoms with van der Waals surface area (Å²) >= 11 is 0. The molecule has 1 N–H and O–H groups in total. The van der Waals surface area contributed by atoms with Crippen LogP contribution in [-0.4, -0.2) is 54.6 Å². The predicted octanol–water partition coefficient (Wildman–Crippen LogP) is 2.91. The Bertz CT molecular complexity index is 537. The summed E-state index contributed by atoms with van der Waals surface area (Å²) in [4.78, 5) is 16.8. The molecule has 24 heavy (non-hydrogen) atoms. The summed E-state index contributed by atoms with van der Waals surface area (Å²) in [5.41, 5.74) is 1.40. The average molecular weight is 327 g/mol. The lowest BCUT2D eigenvalue weighted by atomic mass is 10.0. The summed E-state index contributed by atoms with van der Waals surface area (Å²) in [5.74, 6) is 0.468. The Hall–Kier alpha value is -1.81. The summed E-state index contributed by atoms with van der Waals surface area (Å²) in [5, 5.41) is 3.23. The number of carbonyl (C=O) groups excluding carboxylic acids is 1. The molecule has 0 unspecified atom stereocenters. The summed E-state index contributed by atoms with van der Waals surface area (Å²) in [6.07, 6.45) is 6.24. The Morgan fingerprint density at radius 2 is 1.92 bits per heavy atom. The van der Waals surface area contributed by atoms with Gasteiger partial charge in [0, 0.05) is 38.8 Å². The fourth-order valence-electron chi connectivity index (χ4n) is 3.66. The van der Waals surface area contributed by atoms with E-state index >= 15 is 0 Å². The molecular weight excluding hydrogens is 298 g/mol. The highest BCUT2D eigenvalue weighted by atomic mass is 16.2. The van der Waals surface area contributed by atoms with Crippen molar-refractivity contribution in [2.24, 2.45) is 5.92 Å². The molecule has 2 amide bonds. The van der Waals surface area contributed by atoms with Crippen molar-refractivity contribution in [3.05, 3.63) is 48.6 Å². The number of hydrogen-bond donors (Lipinski definition) is 1. The van der Waals surface area contributed by atoms with Gasteiger partial charge in [-0.3, -0.25) is 0 Å². The fourth-order valence-corrected chi connectivity index (χ4v) is 3.66. The molecule has 0 saturated carbocycles. The van der Waals surface area contributed by atoms with Crippen LogP contribution in [0.5, 0.6) is 0 Å². The Balaban J connectivity index is 1.36. The predicted molar refractivity (Wildman–Crippen MR) is 98.0 cm³/mol. The van der Waals surface area contributed by atoms with Gasteiger partial charge < -0.3 is 15.1 Å². The van der Waals surface area contributed by atoms with Crippen molar-refractivity contribution in [3.8, 4) is 0 Å². The summed E-state index contributed by atoms with van der Waals surface area (Å²) in [6, 6.07) is 11.1. The molecule has 0 spiro atoms. The quantitative estimate of drug-likeness (QED) is 0.844. The van der Waals surface area contributed by atoms with Crippen LogP contribution in [0.3, 0.4) is 0 Å². The van der Waals surface area contributed by atoms with E-state index in [0.29, 0.717) is 12.0 Å². The zero-order valence-corrected chi connectivity index (χ0v) is 14.5. The van der Waals surface area contributed by atoms with E-state index in [2.05, 4.69) is 47.1 Å². The van der Waals surface area contributed by atoms with Crippen LogP contribution >= 0.6 is 0 Å². The first-order chi connectivity index (χ1) is 11.7. The highest BCUT2D eigenvalue weighted by Crippen LogP contribution is 2.18. The second-order valence-electron chi connectivity index (χ2n) is 7.03. The molecule has 0 aromatic heterocycles. The maximum Gasteiger partial charge on any atom is 0.317 e. The normalized spacial score (nSPS) is 22.5. The number of piperidine rings is 1. The topological polar surface area (TPSA) is 35.6 Å². The molecule has 2 saturated heterocycles. The molecule has 1 atom stereocenters. The van der Waals surface area contributed by atoms with Gasteiger partial charge in [-0.05, 0) is 37.2 Å². The molecule has 4 heteroatoms. The number of amides is 2. The van der Waals surface area contributed by atoms with Crippen molar-refractivity contribution >= 4 is 6.03 Å². The maximum absolute atomic E-state index is 12.3. The van der Waals surface area contributed by atoms with Gasteiger partial charge in [-0.2, -0.15) is 0 Å². The number of rotatable bonds is 5. The highest BCUT2D eigenvalue weighted by molar-refractivity contribution is 5.74. The number of urea groups is 1. The van der Waals surface area contributed by atoms with E-state index in [0.717, 1.165) is 58.4 Å². The van der Waals surface area contributed by atoms with Gasteiger partial charge in [0.15, 0.2) is 0 Å². The van der Waals surface area contributed by atoms with Crippen molar-refractivity contribution in [2.45, 2.75) is 31.7 Å². The molecule has 3 rings (SSSR count). The first kappa shape index (κ1) is 17.0. The van der Waals surface area contributed by atoms with Gasteiger partial charge in [0.1, 0.15) is 0 Å². The summed E-state index contributed by atoms with van der Waals surface area (Å²) < 4.78 is 0. The van der Waals surface area contributed by atoms with Crippen molar-refractivity contribution in [1.29, 1.82) is 0 Å². The molecule has 2 aliphatic rings. The van der Waals surface area contributed by atoms with Crippen LogP contribution < -0.4 is 5.32 Å². The number of likely N-dealkylation sites (tertiary alicyclic amines) is 2. The third-order valence-electron chi connectivity index (χ3n) is 5.32. The van der Waals surface area contributed by atoms with E-state index in [1.54, 1.807) is 0 Å². The lowest BCUT2D eigenvalue weighted by Gasteiger charge is -2.33. The first-order valence-electron chi connectivity index (χ1n) is 9.19. The van der Waals surface area contributed by atoms with Crippen molar-refractivity contribution in [1.82, 2.24) is 15.1 Å². The number of hydrogen-bond acceptors (Lipinski definition) is 2. The monoisotopic (exact) mass is 327 g/mol. The molecule has 130 valence electrons. The van der Waals surface area contributed by atoms with Gasteiger partial charge in [0.25, 0.3) is 0 Å². The van der Waals surface area contributed by atoms with Gasteiger partial charge in [-0.25, -0.2) is 4.79 Å². The third kappa shape index (κ3) is 4.60. The van der Waals surface area contributed by atoms with E-state index in [-0.39, 0.29) is 6.03 Å². The lowest BCUT2D eigenvalue weighted by molar-refractivity contribution is 0.178. The van der Waals surface area contributed by atoms with Crippen LogP contribution in [0.15, 0.2) is 43.0 Å². The van der Waals surface area contributed by atoms with Gasteiger partial charge in [-0.1, -0.05) is 36.4 Å². The van der Waals surface area contributed by atoms with Crippen molar-refractivity contribution in [3.63, 3.8) is 0 Å². The van der Waals surface area contributed by atoms with Crippen LogP contribution in [0.2, 0.25) is 0 Å². The fraction of sp³-hybridized carbons (Fsp3) is 0.550. The van der Waals surface area contributed by atoms with E-state index in [4.69, 9.17) is 0 Å². The highest BCUT2D eigenvalue weighted by Gasteiger charge is 2.27. The SMILES string of the molecule is C=C[C@@H]1CCN(C(=O)NC2CCN(CCc3ccccc3)CC2)C1. The van der Waals surface area contributed by atoms with Gasteiger partial charge in [0.2, 0.25) is 0 Å². The zero-order valence-electron chi connectivity index (χ0n) is 14.5. The van der Waals surface area contributed by atoms with Gasteiger partial charge in [0.05, 0.1) is 0 Å². The van der Waals surface area contributed by atoms with E-state index < -0.39 is 0 Å². The van der Waals surface area contributed by atoms with Gasteiger partial charge in [-0.15, -0.1) is 6.58 Å². The minimum Gasteiger partial charge on any atom is -0.335 e. The molecule has 1 aromatic carbocycles. The van der Waals surface area contributed by atoms with Crippen LogP contribution in [-0.2, 0) is 6.42 Å². The minimum absolute atomic E-state index is 0.113.